The summed E-state index contributed by atoms with van der Waals surface area (Å²) in [5, 5.41) is 3.15. The highest BCUT2D eigenvalue weighted by Crippen LogP contribution is 2.45. The molecule has 7 rings (SSSR count). The maximum absolute atomic E-state index is 15.1. The van der Waals surface area contributed by atoms with E-state index in [-0.39, 0.29) is 28.2 Å². The number of aryl methyl sites for hydroxylation is 1. The number of imidazole rings is 1. The molecule has 43 heavy (non-hydrogen) atoms. The number of fused-ring (bicyclic) bond motifs is 2. The van der Waals surface area contributed by atoms with Gasteiger partial charge in [0.05, 0.1) is 33.7 Å². The monoisotopic (exact) mass is 577 g/mol. The van der Waals surface area contributed by atoms with Crippen LogP contribution in [0.15, 0.2) is 83.5 Å². The minimum Gasteiger partial charge on any atom is -0.455 e. The van der Waals surface area contributed by atoms with Crippen LogP contribution in [0, 0.1) is 18.6 Å². The maximum Gasteiger partial charge on any atom is 0.262 e. The van der Waals surface area contributed by atoms with Gasteiger partial charge in [-0.05, 0) is 79.9 Å². The quantitative estimate of drug-likeness (QED) is 0.231. The summed E-state index contributed by atoms with van der Waals surface area (Å²) in [6.07, 6.45) is 4.82. The molecule has 0 radical (unpaired) electrons. The van der Waals surface area contributed by atoms with Crippen LogP contribution in [-0.2, 0) is 5.54 Å². The Bertz CT molecular complexity index is 2030. The Morgan fingerprint density at radius 2 is 1.84 bits per heavy atom. The number of amides is 2. The van der Waals surface area contributed by atoms with Crippen LogP contribution in [0.4, 0.5) is 14.5 Å². The second kappa shape index (κ2) is 9.87. The standard InChI is InChI=1S/C33H25F2N5O3/c1-18-6-7-20(30(41)39-33(13-14-33)32-37-23-12-15-36-17-24(23)38-32)16-25(18)40(2)31(42)28-27-22(35)4-3-5-26(27)43-29(28)19-8-10-21(34)11-9-19/h3-12,15-17H,13-14H2,1-2H3,(H,37,38)(H,39,41). The van der Waals surface area contributed by atoms with Crippen molar-refractivity contribution < 1.29 is 22.8 Å². The zero-order valence-electron chi connectivity index (χ0n) is 23.2. The number of pyridine rings is 1. The third-order valence-corrected chi connectivity index (χ3v) is 7.96. The third-order valence-electron chi connectivity index (χ3n) is 7.96. The Balaban J connectivity index is 1.22. The predicted molar refractivity (Wildman–Crippen MR) is 158 cm³/mol. The average molecular weight is 578 g/mol. The molecule has 0 unspecified atom stereocenters. The molecule has 6 aromatic rings. The minimum atomic E-state index is -0.618. The summed E-state index contributed by atoms with van der Waals surface area (Å²) in [6, 6.07) is 16.7. The van der Waals surface area contributed by atoms with Crippen molar-refractivity contribution in [1.82, 2.24) is 20.3 Å². The van der Waals surface area contributed by atoms with Gasteiger partial charge in [0.15, 0.2) is 0 Å². The van der Waals surface area contributed by atoms with Gasteiger partial charge in [0.25, 0.3) is 11.8 Å². The van der Waals surface area contributed by atoms with Crippen LogP contribution in [0.1, 0.15) is 44.9 Å². The van der Waals surface area contributed by atoms with E-state index in [1.807, 2.05) is 13.0 Å². The van der Waals surface area contributed by atoms with E-state index in [0.717, 1.165) is 29.4 Å². The lowest BCUT2D eigenvalue weighted by Crippen LogP contribution is -2.36. The number of anilines is 1. The van der Waals surface area contributed by atoms with Crippen molar-refractivity contribution in [1.29, 1.82) is 0 Å². The summed E-state index contributed by atoms with van der Waals surface area (Å²) < 4.78 is 34.7. The van der Waals surface area contributed by atoms with Crippen molar-refractivity contribution in [3.8, 4) is 11.3 Å². The molecule has 1 saturated carbocycles. The van der Waals surface area contributed by atoms with E-state index in [0.29, 0.717) is 22.6 Å². The number of nitrogens with one attached hydrogen (secondary N) is 2. The van der Waals surface area contributed by atoms with Crippen LogP contribution in [0.2, 0.25) is 0 Å². The van der Waals surface area contributed by atoms with Crippen LogP contribution in [-0.4, -0.2) is 33.8 Å². The van der Waals surface area contributed by atoms with E-state index >= 15 is 4.39 Å². The van der Waals surface area contributed by atoms with Crippen LogP contribution < -0.4 is 10.2 Å². The van der Waals surface area contributed by atoms with E-state index in [9.17, 15) is 14.0 Å². The molecule has 0 bridgehead atoms. The number of carbonyl (C=O) groups excluding carboxylic acids is 2. The van der Waals surface area contributed by atoms with E-state index in [2.05, 4.69) is 20.3 Å². The van der Waals surface area contributed by atoms with Gasteiger partial charge in [0.2, 0.25) is 0 Å². The van der Waals surface area contributed by atoms with Crippen molar-refractivity contribution in [3.05, 3.63) is 113 Å². The summed E-state index contributed by atoms with van der Waals surface area (Å²) in [6.45, 7) is 1.82. The number of hydrogen-bond acceptors (Lipinski definition) is 5. The Labute approximate surface area is 244 Å². The molecule has 3 aromatic heterocycles. The smallest absolute Gasteiger partial charge is 0.262 e. The van der Waals surface area contributed by atoms with E-state index in [1.54, 1.807) is 43.7 Å². The first-order chi connectivity index (χ1) is 20.7. The van der Waals surface area contributed by atoms with Gasteiger partial charge in [0, 0.05) is 30.1 Å². The van der Waals surface area contributed by atoms with Gasteiger partial charge in [-0.3, -0.25) is 14.6 Å². The number of aromatic nitrogens is 3. The van der Waals surface area contributed by atoms with Crippen molar-refractivity contribution in [2.24, 2.45) is 0 Å². The molecule has 10 heteroatoms. The summed E-state index contributed by atoms with van der Waals surface area (Å²) in [4.78, 5) is 41.0. The Morgan fingerprint density at radius 1 is 1.05 bits per heavy atom. The van der Waals surface area contributed by atoms with E-state index in [1.165, 1.54) is 41.3 Å². The first-order valence-electron chi connectivity index (χ1n) is 13.7. The number of halogens is 2. The number of H-pyrrole nitrogens is 1. The normalized spacial score (nSPS) is 13.8. The number of rotatable bonds is 6. The number of furan rings is 1. The van der Waals surface area contributed by atoms with Gasteiger partial charge < -0.3 is 19.6 Å². The molecule has 0 spiro atoms. The van der Waals surface area contributed by atoms with Gasteiger partial charge in [-0.2, -0.15) is 0 Å². The second-order valence-corrected chi connectivity index (χ2v) is 10.8. The van der Waals surface area contributed by atoms with Crippen LogP contribution in [0.5, 0.6) is 0 Å². The minimum absolute atomic E-state index is 0.00720. The first kappa shape index (κ1) is 26.5. The maximum atomic E-state index is 15.1. The SMILES string of the molecule is Cc1ccc(C(=O)NC2(c3nc4ccncc4[nH]3)CC2)cc1N(C)C(=O)c1c(-c2ccc(F)cc2)oc2cccc(F)c12. The topological polar surface area (TPSA) is 104 Å². The van der Waals surface area contributed by atoms with E-state index in [4.69, 9.17) is 4.42 Å². The van der Waals surface area contributed by atoms with Gasteiger partial charge in [0.1, 0.15) is 28.8 Å². The highest BCUT2D eigenvalue weighted by Gasteiger charge is 2.48. The lowest BCUT2D eigenvalue weighted by atomic mass is 10.0. The van der Waals surface area contributed by atoms with Crippen molar-refractivity contribution in [2.75, 3.05) is 11.9 Å². The lowest BCUT2D eigenvalue weighted by molar-refractivity contribution is 0.0927. The highest BCUT2D eigenvalue weighted by molar-refractivity contribution is 6.17. The number of carbonyl (C=O) groups is 2. The molecule has 1 aliphatic rings. The van der Waals surface area contributed by atoms with Crippen molar-refractivity contribution in [2.45, 2.75) is 25.3 Å². The van der Waals surface area contributed by atoms with Gasteiger partial charge in [-0.1, -0.05) is 12.1 Å². The zero-order valence-corrected chi connectivity index (χ0v) is 23.2. The summed E-state index contributed by atoms with van der Waals surface area (Å²) in [5.41, 5.74) is 3.12. The second-order valence-electron chi connectivity index (χ2n) is 10.8. The van der Waals surface area contributed by atoms with Gasteiger partial charge in [-0.15, -0.1) is 0 Å². The largest absolute Gasteiger partial charge is 0.455 e. The average Bonchev–Trinajstić information content (AvgIpc) is 3.47. The molecular formula is C33H25F2N5O3. The van der Waals surface area contributed by atoms with Crippen molar-refractivity contribution >= 4 is 39.5 Å². The van der Waals surface area contributed by atoms with Gasteiger partial charge in [-0.25, -0.2) is 13.8 Å². The number of benzene rings is 3. The molecule has 1 fully saturated rings. The molecule has 8 nitrogen and oxygen atoms in total. The Morgan fingerprint density at radius 3 is 2.58 bits per heavy atom. The molecule has 0 aliphatic heterocycles. The fraction of sp³-hybridized carbons (Fsp3) is 0.152. The molecule has 0 saturated heterocycles. The van der Waals surface area contributed by atoms with Crippen LogP contribution in [0.25, 0.3) is 33.3 Å². The molecule has 214 valence electrons. The van der Waals surface area contributed by atoms with Gasteiger partial charge >= 0.3 is 0 Å². The Kier molecular flexibility index (Phi) is 6.08. The zero-order chi connectivity index (χ0) is 29.9. The van der Waals surface area contributed by atoms with Crippen LogP contribution in [0.3, 0.4) is 0 Å². The predicted octanol–water partition coefficient (Wildman–Crippen LogP) is 6.65. The summed E-state index contributed by atoms with van der Waals surface area (Å²) >= 11 is 0. The highest BCUT2D eigenvalue weighted by atomic mass is 19.1. The summed E-state index contributed by atoms with van der Waals surface area (Å²) in [5.74, 6) is -1.13. The summed E-state index contributed by atoms with van der Waals surface area (Å²) in [7, 11) is 1.56. The molecule has 0 atom stereocenters. The fourth-order valence-corrected chi connectivity index (χ4v) is 5.42. The van der Waals surface area contributed by atoms with Crippen LogP contribution >= 0.6 is 0 Å². The molecule has 2 amide bonds. The third kappa shape index (κ3) is 4.51. The number of nitrogens with zero attached hydrogens (tertiary/aromatic N) is 3. The molecule has 3 heterocycles. The number of hydrogen-bond donors (Lipinski definition) is 2. The molecule has 3 aromatic carbocycles. The molecule has 2 N–H and O–H groups in total. The fourth-order valence-electron chi connectivity index (χ4n) is 5.42. The molecular weight excluding hydrogens is 552 g/mol. The lowest BCUT2D eigenvalue weighted by Gasteiger charge is -2.21. The Hall–Kier alpha value is -5.38. The number of aromatic amines is 1. The first-order valence-corrected chi connectivity index (χ1v) is 13.7. The van der Waals surface area contributed by atoms with E-state index < -0.39 is 23.1 Å². The molecule has 1 aliphatic carbocycles. The van der Waals surface area contributed by atoms with Crippen molar-refractivity contribution in [3.63, 3.8) is 0 Å².